The molecule has 0 spiro atoms. The summed E-state index contributed by atoms with van der Waals surface area (Å²) in [5.41, 5.74) is 7.41. The Morgan fingerprint density at radius 2 is 2.16 bits per heavy atom. The maximum atomic E-state index is 6.25. The fourth-order valence-corrected chi connectivity index (χ4v) is 2.87. The number of ether oxygens (including phenoxy) is 1. The third-order valence-corrected chi connectivity index (χ3v) is 4.05. The van der Waals surface area contributed by atoms with Crippen molar-refractivity contribution in [2.24, 2.45) is 5.73 Å². The molecule has 0 amide bonds. The van der Waals surface area contributed by atoms with Crippen molar-refractivity contribution in [1.29, 1.82) is 0 Å². The van der Waals surface area contributed by atoms with E-state index in [0.717, 1.165) is 30.6 Å². The van der Waals surface area contributed by atoms with Crippen LogP contribution in [-0.2, 0) is 6.42 Å². The predicted octanol–water partition coefficient (Wildman–Crippen LogP) is 4.17. The van der Waals surface area contributed by atoms with Gasteiger partial charge in [-0.2, -0.15) is 0 Å². The van der Waals surface area contributed by atoms with E-state index in [4.69, 9.17) is 10.5 Å². The van der Waals surface area contributed by atoms with Gasteiger partial charge in [-0.1, -0.05) is 18.2 Å². The molecule has 0 aliphatic carbocycles. The molecule has 102 valence electrons. The second kappa shape index (κ2) is 7.31. The fourth-order valence-electron chi connectivity index (χ4n) is 2.12. The molecule has 0 aliphatic rings. The first kappa shape index (κ1) is 14.1. The van der Waals surface area contributed by atoms with Crippen LogP contribution in [0.2, 0.25) is 0 Å². The van der Waals surface area contributed by atoms with Crippen molar-refractivity contribution < 1.29 is 4.74 Å². The predicted molar refractivity (Wildman–Crippen MR) is 81.8 cm³/mol. The Morgan fingerprint density at radius 3 is 2.89 bits per heavy atom. The average molecular weight is 275 g/mol. The average Bonchev–Trinajstić information content (AvgIpc) is 2.92. The quantitative estimate of drug-likeness (QED) is 0.823. The van der Waals surface area contributed by atoms with E-state index in [9.17, 15) is 0 Å². The molecule has 3 heteroatoms. The van der Waals surface area contributed by atoms with Crippen LogP contribution in [0.25, 0.3) is 0 Å². The summed E-state index contributed by atoms with van der Waals surface area (Å²) in [6, 6.07) is 12.5. The van der Waals surface area contributed by atoms with Gasteiger partial charge in [-0.25, -0.2) is 0 Å². The fraction of sp³-hybridized carbons (Fsp3) is 0.375. The summed E-state index contributed by atoms with van der Waals surface area (Å²) in [5, 5.41) is 2.13. The number of nitrogens with two attached hydrogens (primary N) is 1. The lowest BCUT2D eigenvalue weighted by Gasteiger charge is -2.13. The smallest absolute Gasteiger partial charge is 0.119 e. The number of hydrogen-bond donors (Lipinski definition) is 1. The van der Waals surface area contributed by atoms with Crippen LogP contribution < -0.4 is 10.5 Å². The van der Waals surface area contributed by atoms with E-state index in [1.54, 1.807) is 0 Å². The van der Waals surface area contributed by atoms with E-state index in [1.807, 2.05) is 30.4 Å². The minimum Gasteiger partial charge on any atom is -0.494 e. The van der Waals surface area contributed by atoms with Crippen molar-refractivity contribution in [3.63, 3.8) is 0 Å². The lowest BCUT2D eigenvalue weighted by Crippen LogP contribution is -2.10. The Morgan fingerprint density at radius 1 is 1.26 bits per heavy atom. The number of thiophene rings is 1. The lowest BCUT2D eigenvalue weighted by atomic mass is 10.0. The summed E-state index contributed by atoms with van der Waals surface area (Å²) >= 11 is 1.82. The van der Waals surface area contributed by atoms with Gasteiger partial charge in [0, 0.05) is 10.9 Å². The minimum absolute atomic E-state index is 0.0976. The Bertz CT molecular complexity index is 481. The maximum Gasteiger partial charge on any atom is 0.119 e. The summed E-state index contributed by atoms with van der Waals surface area (Å²) in [6.07, 6.45) is 3.25. The van der Waals surface area contributed by atoms with Gasteiger partial charge in [0.15, 0.2) is 0 Å². The number of benzene rings is 1. The molecule has 1 unspecified atom stereocenters. The van der Waals surface area contributed by atoms with Gasteiger partial charge in [-0.15, -0.1) is 11.3 Å². The van der Waals surface area contributed by atoms with Crippen LogP contribution >= 0.6 is 11.3 Å². The van der Waals surface area contributed by atoms with Gasteiger partial charge in [0.05, 0.1) is 6.61 Å². The van der Waals surface area contributed by atoms with Crippen LogP contribution in [0.15, 0.2) is 41.8 Å². The van der Waals surface area contributed by atoms with Crippen molar-refractivity contribution in [2.75, 3.05) is 6.61 Å². The molecule has 1 atom stereocenters. The van der Waals surface area contributed by atoms with Crippen LogP contribution in [-0.4, -0.2) is 6.61 Å². The summed E-state index contributed by atoms with van der Waals surface area (Å²) in [5.74, 6) is 0.911. The van der Waals surface area contributed by atoms with E-state index in [1.165, 1.54) is 4.88 Å². The molecule has 2 nitrogen and oxygen atoms in total. The zero-order valence-electron chi connectivity index (χ0n) is 11.3. The largest absolute Gasteiger partial charge is 0.494 e. The minimum atomic E-state index is 0.0976. The molecular formula is C16H21NOS. The van der Waals surface area contributed by atoms with Gasteiger partial charge >= 0.3 is 0 Å². The van der Waals surface area contributed by atoms with E-state index >= 15 is 0 Å². The Hall–Kier alpha value is -1.32. The molecule has 1 heterocycles. The first-order valence-electron chi connectivity index (χ1n) is 6.80. The highest BCUT2D eigenvalue weighted by atomic mass is 32.1. The highest BCUT2D eigenvalue weighted by molar-refractivity contribution is 7.09. The maximum absolute atomic E-state index is 6.25. The van der Waals surface area contributed by atoms with Gasteiger partial charge < -0.3 is 10.5 Å². The van der Waals surface area contributed by atoms with Crippen LogP contribution in [0.3, 0.4) is 0 Å². The molecule has 2 aromatic rings. The lowest BCUT2D eigenvalue weighted by molar-refractivity contribution is 0.339. The summed E-state index contributed by atoms with van der Waals surface area (Å²) in [4.78, 5) is 1.44. The summed E-state index contributed by atoms with van der Waals surface area (Å²) in [7, 11) is 0. The van der Waals surface area contributed by atoms with Crippen molar-refractivity contribution in [3.8, 4) is 5.75 Å². The van der Waals surface area contributed by atoms with Crippen LogP contribution in [0.5, 0.6) is 5.75 Å². The molecule has 0 bridgehead atoms. The van der Waals surface area contributed by atoms with E-state index in [2.05, 4.69) is 29.6 Å². The van der Waals surface area contributed by atoms with Crippen molar-refractivity contribution in [3.05, 3.63) is 52.2 Å². The standard InChI is InChI=1S/C16H21NOS/c1-2-18-14-7-3-6-13(12-14)16(17)10-4-8-15-9-5-11-19-15/h3,5-7,9,11-12,16H,2,4,8,10,17H2,1H3. The van der Waals surface area contributed by atoms with Gasteiger partial charge in [0.1, 0.15) is 5.75 Å². The zero-order valence-corrected chi connectivity index (χ0v) is 12.2. The van der Waals surface area contributed by atoms with Crippen molar-refractivity contribution in [1.82, 2.24) is 0 Å². The van der Waals surface area contributed by atoms with E-state index < -0.39 is 0 Å². The molecular weight excluding hydrogens is 254 g/mol. The number of aryl methyl sites for hydroxylation is 1. The highest BCUT2D eigenvalue weighted by Gasteiger charge is 2.07. The van der Waals surface area contributed by atoms with E-state index in [-0.39, 0.29) is 6.04 Å². The zero-order chi connectivity index (χ0) is 13.5. The molecule has 2 rings (SSSR count). The normalized spacial score (nSPS) is 12.3. The first-order valence-corrected chi connectivity index (χ1v) is 7.68. The molecule has 1 aromatic carbocycles. The molecule has 19 heavy (non-hydrogen) atoms. The SMILES string of the molecule is CCOc1cccc(C(N)CCCc2cccs2)c1. The van der Waals surface area contributed by atoms with Crippen LogP contribution in [0.1, 0.15) is 36.2 Å². The van der Waals surface area contributed by atoms with Crippen molar-refractivity contribution in [2.45, 2.75) is 32.2 Å². The first-order chi connectivity index (χ1) is 9.29. The molecule has 0 saturated carbocycles. The van der Waals surface area contributed by atoms with Gasteiger partial charge in [0.25, 0.3) is 0 Å². The molecule has 2 N–H and O–H groups in total. The molecule has 0 aliphatic heterocycles. The highest BCUT2D eigenvalue weighted by Crippen LogP contribution is 2.22. The van der Waals surface area contributed by atoms with Crippen LogP contribution in [0.4, 0.5) is 0 Å². The summed E-state index contributed by atoms with van der Waals surface area (Å²) in [6.45, 7) is 2.69. The second-order valence-corrected chi connectivity index (χ2v) is 5.62. The van der Waals surface area contributed by atoms with Crippen molar-refractivity contribution >= 4 is 11.3 Å². The molecule has 0 saturated heterocycles. The Labute approximate surface area is 119 Å². The topological polar surface area (TPSA) is 35.2 Å². The third-order valence-electron chi connectivity index (χ3n) is 3.12. The number of hydrogen-bond acceptors (Lipinski definition) is 3. The summed E-state index contributed by atoms with van der Waals surface area (Å²) < 4.78 is 5.51. The Kier molecular flexibility index (Phi) is 5.43. The van der Waals surface area contributed by atoms with E-state index in [0.29, 0.717) is 6.61 Å². The monoisotopic (exact) mass is 275 g/mol. The molecule has 1 aromatic heterocycles. The number of rotatable bonds is 7. The molecule has 0 radical (unpaired) electrons. The third kappa shape index (κ3) is 4.37. The van der Waals surface area contributed by atoms with Gasteiger partial charge in [0.2, 0.25) is 0 Å². The second-order valence-electron chi connectivity index (χ2n) is 4.58. The Balaban J connectivity index is 1.85. The van der Waals surface area contributed by atoms with Gasteiger partial charge in [-0.3, -0.25) is 0 Å². The molecule has 0 fully saturated rings. The van der Waals surface area contributed by atoms with Gasteiger partial charge in [-0.05, 0) is 55.3 Å². The van der Waals surface area contributed by atoms with Crippen LogP contribution in [0, 0.1) is 0 Å².